The number of hydrogen-bond donors (Lipinski definition) is 0. The topological polar surface area (TPSA) is 35.5 Å². The quantitative estimate of drug-likeness (QED) is 0.600. The van der Waals surface area contributed by atoms with Crippen LogP contribution in [-0.4, -0.2) is 6.16 Å². The molecule has 3 nitrogen and oxygen atoms in total. The van der Waals surface area contributed by atoms with Gasteiger partial charge in [0.25, 0.3) is 0 Å². The summed E-state index contributed by atoms with van der Waals surface area (Å²) in [6.45, 7) is 1.70. The van der Waals surface area contributed by atoms with Crippen LogP contribution in [0.3, 0.4) is 0 Å². The Hall–Kier alpha value is -2.50. The van der Waals surface area contributed by atoms with Crippen molar-refractivity contribution in [1.82, 2.24) is 0 Å². The second-order valence-corrected chi connectivity index (χ2v) is 4.21. The Kier molecular flexibility index (Phi) is 4.16. The van der Waals surface area contributed by atoms with E-state index in [0.29, 0.717) is 5.56 Å². The molecule has 0 fully saturated rings. The summed E-state index contributed by atoms with van der Waals surface area (Å²) in [5, 5.41) is 0. The Morgan fingerprint density at radius 1 is 0.905 bits per heavy atom. The summed E-state index contributed by atoms with van der Waals surface area (Å²) in [7, 11) is 0. The lowest BCUT2D eigenvalue weighted by Crippen LogP contribution is -2.17. The fourth-order valence-corrected chi connectivity index (χ4v) is 1.66. The van der Waals surface area contributed by atoms with Crippen molar-refractivity contribution in [1.29, 1.82) is 0 Å². The summed E-state index contributed by atoms with van der Waals surface area (Å²) >= 11 is 0. The van der Waals surface area contributed by atoms with Crippen LogP contribution in [0, 0.1) is 6.92 Å². The van der Waals surface area contributed by atoms with Gasteiger partial charge in [0.15, 0.2) is 0 Å². The van der Waals surface area contributed by atoms with Crippen LogP contribution >= 0.6 is 0 Å². The van der Waals surface area contributed by atoms with Gasteiger partial charge in [-0.25, -0.2) is 4.79 Å². The molecule has 0 saturated heterocycles. The van der Waals surface area contributed by atoms with E-state index in [4.69, 9.17) is 4.74 Å². The molecule has 2 aromatic carbocycles. The molecule has 0 radical (unpaired) electrons. The molecule has 0 aromatic heterocycles. The molecule has 21 heavy (non-hydrogen) atoms. The summed E-state index contributed by atoms with van der Waals surface area (Å²) in [4.78, 5) is 11.6. The highest BCUT2D eigenvalue weighted by molar-refractivity contribution is 5.68. The van der Waals surface area contributed by atoms with E-state index in [1.807, 2.05) is 0 Å². The highest BCUT2D eigenvalue weighted by Crippen LogP contribution is 2.36. The average Bonchev–Trinajstić information content (AvgIpc) is 2.41. The van der Waals surface area contributed by atoms with Crippen molar-refractivity contribution < 1.29 is 27.4 Å². The van der Waals surface area contributed by atoms with Gasteiger partial charge in [0, 0.05) is 0 Å². The molecule has 2 aromatic rings. The number of aryl methyl sites for hydroxylation is 1. The zero-order valence-corrected chi connectivity index (χ0v) is 11.0. The van der Waals surface area contributed by atoms with Gasteiger partial charge < -0.3 is 9.47 Å². The largest absolute Gasteiger partial charge is 0.519 e. The number of ether oxygens (including phenoxy) is 2. The maximum Gasteiger partial charge on any atom is 0.519 e. The number of halogens is 3. The maximum atomic E-state index is 12.8. The van der Waals surface area contributed by atoms with Gasteiger partial charge >= 0.3 is 12.3 Å². The van der Waals surface area contributed by atoms with Gasteiger partial charge in [-0.1, -0.05) is 30.3 Å². The van der Waals surface area contributed by atoms with Crippen molar-refractivity contribution in [2.75, 3.05) is 0 Å². The zero-order valence-electron chi connectivity index (χ0n) is 11.0. The van der Waals surface area contributed by atoms with Crippen molar-refractivity contribution in [3.63, 3.8) is 0 Å². The van der Waals surface area contributed by atoms with Gasteiger partial charge in [-0.2, -0.15) is 13.2 Å². The van der Waals surface area contributed by atoms with Gasteiger partial charge in [-0.05, 0) is 30.7 Å². The third-order valence-electron chi connectivity index (χ3n) is 2.67. The van der Waals surface area contributed by atoms with Gasteiger partial charge in [0.2, 0.25) is 0 Å². The number of alkyl halides is 3. The van der Waals surface area contributed by atoms with Gasteiger partial charge in [-0.15, -0.1) is 0 Å². The van der Waals surface area contributed by atoms with E-state index >= 15 is 0 Å². The molecular formula is C15H11F3O3. The number of hydrogen-bond acceptors (Lipinski definition) is 3. The summed E-state index contributed by atoms with van der Waals surface area (Å²) in [5.74, 6) is -0.365. The number of carbonyl (C=O) groups excluding carboxylic acids is 1. The van der Waals surface area contributed by atoms with Crippen molar-refractivity contribution >= 4 is 6.16 Å². The van der Waals surface area contributed by atoms with E-state index in [1.54, 1.807) is 25.1 Å². The van der Waals surface area contributed by atoms with E-state index in [2.05, 4.69) is 4.74 Å². The summed E-state index contributed by atoms with van der Waals surface area (Å²) in [6, 6.07) is 11.0. The lowest BCUT2D eigenvalue weighted by atomic mass is 10.2. The summed E-state index contributed by atoms with van der Waals surface area (Å²) in [5.41, 5.74) is -0.370. The molecule has 0 aliphatic carbocycles. The maximum absolute atomic E-state index is 12.8. The third-order valence-corrected chi connectivity index (χ3v) is 2.67. The SMILES string of the molecule is Cc1ccccc1OC(=O)Oc1ccccc1C(F)(F)F. The molecule has 0 spiro atoms. The highest BCUT2D eigenvalue weighted by Gasteiger charge is 2.34. The number of benzene rings is 2. The lowest BCUT2D eigenvalue weighted by Gasteiger charge is -2.12. The first-order valence-electron chi connectivity index (χ1n) is 5.99. The van der Waals surface area contributed by atoms with Crippen molar-refractivity contribution in [2.24, 2.45) is 0 Å². The molecule has 0 unspecified atom stereocenters. The van der Waals surface area contributed by atoms with Gasteiger partial charge in [-0.3, -0.25) is 0 Å². The standard InChI is InChI=1S/C15H11F3O3/c1-10-6-2-4-8-12(10)20-14(19)21-13-9-5-3-7-11(13)15(16,17)18/h2-9H,1H3. The van der Waals surface area contributed by atoms with Crippen LogP contribution in [0.5, 0.6) is 11.5 Å². The lowest BCUT2D eigenvalue weighted by molar-refractivity contribution is -0.138. The van der Waals surface area contributed by atoms with Crippen LogP contribution in [0.15, 0.2) is 48.5 Å². The molecule has 0 atom stereocenters. The van der Waals surface area contributed by atoms with Crippen LogP contribution in [0.1, 0.15) is 11.1 Å². The molecule has 0 saturated carbocycles. The van der Waals surface area contributed by atoms with Crippen molar-refractivity contribution in [3.8, 4) is 11.5 Å². The van der Waals surface area contributed by atoms with Crippen molar-refractivity contribution in [3.05, 3.63) is 59.7 Å². The average molecular weight is 296 g/mol. The first kappa shape index (κ1) is 14.9. The van der Waals surface area contributed by atoms with Crippen LogP contribution in [0.2, 0.25) is 0 Å². The van der Waals surface area contributed by atoms with E-state index in [0.717, 1.165) is 12.1 Å². The summed E-state index contributed by atoms with van der Waals surface area (Å²) < 4.78 is 47.8. The Bertz CT molecular complexity index is 651. The van der Waals surface area contributed by atoms with Crippen LogP contribution in [0.25, 0.3) is 0 Å². The van der Waals surface area contributed by atoms with E-state index in [9.17, 15) is 18.0 Å². The molecule has 2 rings (SSSR count). The molecule has 0 N–H and O–H groups in total. The molecule has 6 heteroatoms. The fraction of sp³-hybridized carbons (Fsp3) is 0.133. The number of para-hydroxylation sites is 2. The summed E-state index contributed by atoms with van der Waals surface area (Å²) in [6.07, 6.45) is -5.83. The van der Waals surface area contributed by atoms with Crippen LogP contribution < -0.4 is 9.47 Å². The molecule has 0 heterocycles. The Labute approximate surface area is 118 Å². The minimum absolute atomic E-state index is 0.229. The predicted octanol–water partition coefficient (Wildman–Crippen LogP) is 4.59. The smallest absolute Gasteiger partial charge is 0.394 e. The minimum atomic E-state index is -4.61. The van der Waals surface area contributed by atoms with Gasteiger partial charge in [0.1, 0.15) is 11.5 Å². The van der Waals surface area contributed by atoms with Gasteiger partial charge in [0.05, 0.1) is 5.56 Å². The number of rotatable bonds is 2. The molecule has 0 amide bonds. The Balaban J connectivity index is 2.16. The molecule has 0 bridgehead atoms. The molecule has 0 aliphatic rings. The minimum Gasteiger partial charge on any atom is -0.394 e. The van der Waals surface area contributed by atoms with Crippen LogP contribution in [0.4, 0.5) is 18.0 Å². The molecule has 0 aliphatic heterocycles. The first-order chi connectivity index (χ1) is 9.88. The van der Waals surface area contributed by atoms with Crippen molar-refractivity contribution in [2.45, 2.75) is 13.1 Å². The molecule has 110 valence electrons. The molecular weight excluding hydrogens is 285 g/mol. The predicted molar refractivity (Wildman–Crippen MR) is 69.3 cm³/mol. The third kappa shape index (κ3) is 3.75. The monoisotopic (exact) mass is 296 g/mol. The fourth-order valence-electron chi connectivity index (χ4n) is 1.66. The van der Waals surface area contributed by atoms with E-state index < -0.39 is 23.6 Å². The van der Waals surface area contributed by atoms with Crippen LogP contribution in [-0.2, 0) is 6.18 Å². The second kappa shape index (κ2) is 5.87. The zero-order chi connectivity index (χ0) is 15.5. The second-order valence-electron chi connectivity index (χ2n) is 4.21. The highest BCUT2D eigenvalue weighted by atomic mass is 19.4. The van der Waals surface area contributed by atoms with E-state index in [-0.39, 0.29) is 5.75 Å². The first-order valence-corrected chi connectivity index (χ1v) is 5.99. The van der Waals surface area contributed by atoms with E-state index in [1.165, 1.54) is 18.2 Å². The number of carbonyl (C=O) groups is 1. The Morgan fingerprint density at radius 2 is 1.43 bits per heavy atom. The normalized spacial score (nSPS) is 11.0. The Morgan fingerprint density at radius 3 is 2.05 bits per heavy atom.